The second-order valence-corrected chi connectivity index (χ2v) is 13.6. The fraction of sp³-hybridized carbons (Fsp3) is 0.586. The molecule has 0 saturated heterocycles. The van der Waals surface area contributed by atoms with Gasteiger partial charge in [0.1, 0.15) is 0 Å². The van der Waals surface area contributed by atoms with E-state index in [1.807, 2.05) is 12.1 Å². The number of nitrogens with zero attached hydrogens (tertiary/aromatic N) is 2. The summed E-state index contributed by atoms with van der Waals surface area (Å²) in [6.45, 7) is 6.74. The van der Waals surface area contributed by atoms with Crippen molar-refractivity contribution >= 4 is 15.7 Å². The molecule has 1 saturated carbocycles. The van der Waals surface area contributed by atoms with Gasteiger partial charge in [0.25, 0.3) is 5.91 Å². The number of pyridine rings is 1. The van der Waals surface area contributed by atoms with Crippen molar-refractivity contribution in [1.82, 2.24) is 15.2 Å². The summed E-state index contributed by atoms with van der Waals surface area (Å²) in [6, 6.07) is 7.76. The first-order valence-electron chi connectivity index (χ1n) is 13.9. The average molecular weight is 582 g/mol. The molecular formula is C29H38F3N3O4S. The van der Waals surface area contributed by atoms with E-state index in [4.69, 9.17) is 0 Å². The average Bonchev–Trinajstić information content (AvgIpc) is 3.28. The van der Waals surface area contributed by atoms with E-state index in [2.05, 4.69) is 29.0 Å². The predicted molar refractivity (Wildman–Crippen MR) is 145 cm³/mol. The molecule has 11 heteroatoms. The zero-order chi connectivity index (χ0) is 29.2. The van der Waals surface area contributed by atoms with Gasteiger partial charge in [0, 0.05) is 30.9 Å². The summed E-state index contributed by atoms with van der Waals surface area (Å²) in [6.07, 6.45) is -1.38. The Morgan fingerprint density at radius 1 is 1.15 bits per heavy atom. The Hall–Kier alpha value is -2.50. The number of halogens is 3. The van der Waals surface area contributed by atoms with Crippen LogP contribution < -0.4 is 5.32 Å². The number of benzene rings is 1. The zero-order valence-corrected chi connectivity index (χ0v) is 23.9. The Balaban J connectivity index is 1.44. The van der Waals surface area contributed by atoms with Gasteiger partial charge in [-0.2, -0.15) is 13.2 Å². The number of nitrogens with one attached hydrogen (secondary N) is 1. The largest absolute Gasteiger partial charge is 0.394 e. The number of aliphatic hydroxyl groups excluding tert-OH is 1. The topological polar surface area (TPSA) is 99.6 Å². The van der Waals surface area contributed by atoms with Crippen LogP contribution in [0.3, 0.4) is 0 Å². The zero-order valence-electron chi connectivity index (χ0n) is 23.1. The van der Waals surface area contributed by atoms with Gasteiger partial charge in [0.05, 0.1) is 34.9 Å². The van der Waals surface area contributed by atoms with Crippen LogP contribution in [0.15, 0.2) is 41.4 Å². The first kappa shape index (κ1) is 30.5. The second kappa shape index (κ2) is 12.2. The maximum absolute atomic E-state index is 13.1. The number of fused-ring (bicyclic) bond motifs is 1. The highest BCUT2D eigenvalue weighted by atomic mass is 32.2. The molecule has 1 aromatic heterocycles. The number of rotatable bonds is 9. The van der Waals surface area contributed by atoms with Crippen LogP contribution in [0, 0.1) is 17.8 Å². The van der Waals surface area contributed by atoms with Crippen LogP contribution >= 0.6 is 0 Å². The third-order valence-corrected chi connectivity index (χ3v) is 9.99. The van der Waals surface area contributed by atoms with E-state index in [1.54, 1.807) is 13.0 Å². The minimum Gasteiger partial charge on any atom is -0.394 e. The van der Waals surface area contributed by atoms with E-state index in [9.17, 15) is 31.5 Å². The smallest absolute Gasteiger partial charge is 0.391 e. The van der Waals surface area contributed by atoms with Crippen molar-refractivity contribution in [3.8, 4) is 0 Å². The molecule has 0 radical (unpaired) electrons. The highest BCUT2D eigenvalue weighted by Crippen LogP contribution is 2.43. The van der Waals surface area contributed by atoms with Gasteiger partial charge >= 0.3 is 6.18 Å². The number of carbonyl (C=O) groups is 1. The quantitative estimate of drug-likeness (QED) is 0.421. The summed E-state index contributed by atoms with van der Waals surface area (Å²) in [4.78, 5) is 19.7. The molecule has 2 aliphatic rings. The first-order valence-corrected chi connectivity index (χ1v) is 15.5. The van der Waals surface area contributed by atoms with Crippen LogP contribution in [0.5, 0.6) is 0 Å². The molecule has 2 aromatic rings. The molecule has 40 heavy (non-hydrogen) atoms. The molecule has 0 unspecified atom stereocenters. The number of hydrogen-bond acceptors (Lipinski definition) is 6. The van der Waals surface area contributed by atoms with Gasteiger partial charge in [0.2, 0.25) is 0 Å². The Labute approximate surface area is 234 Å². The molecule has 7 nitrogen and oxygen atoms in total. The van der Waals surface area contributed by atoms with E-state index in [-0.39, 0.29) is 47.3 Å². The SMILES string of the molecule is CCS(=O)(=O)c1ccc([C@@H](CO)NC(=O)c2ccc3c(c2)CN(C[C@H]2CC[C@H](C(F)(F)F)CC2)[C@H]3C(C)C)nc1. The van der Waals surface area contributed by atoms with E-state index in [0.717, 1.165) is 17.7 Å². The van der Waals surface area contributed by atoms with Gasteiger partial charge in [-0.1, -0.05) is 26.8 Å². The molecule has 0 bridgehead atoms. The highest BCUT2D eigenvalue weighted by molar-refractivity contribution is 7.91. The number of aromatic nitrogens is 1. The lowest BCUT2D eigenvalue weighted by molar-refractivity contribution is -0.184. The molecule has 4 rings (SSSR count). The predicted octanol–water partition coefficient (Wildman–Crippen LogP) is 5.22. The summed E-state index contributed by atoms with van der Waals surface area (Å²) in [5.41, 5.74) is 2.92. The summed E-state index contributed by atoms with van der Waals surface area (Å²) < 4.78 is 63.4. The van der Waals surface area contributed by atoms with E-state index in [0.29, 0.717) is 30.6 Å². The summed E-state index contributed by atoms with van der Waals surface area (Å²) >= 11 is 0. The molecule has 1 aliphatic heterocycles. The van der Waals surface area contributed by atoms with Crippen LogP contribution in [0.4, 0.5) is 13.2 Å². The Bertz CT molecular complexity index is 1290. The molecule has 1 aliphatic carbocycles. The van der Waals surface area contributed by atoms with Crippen LogP contribution in [0.1, 0.15) is 85.7 Å². The molecular weight excluding hydrogens is 543 g/mol. The normalized spacial score (nSPS) is 22.8. The van der Waals surface area contributed by atoms with Crippen molar-refractivity contribution in [2.75, 3.05) is 18.9 Å². The monoisotopic (exact) mass is 581 g/mol. The Morgan fingerprint density at radius 3 is 2.40 bits per heavy atom. The standard InChI is InChI=1S/C29H38F3N3O4S/c1-4-40(38,39)23-10-12-25(33-14-23)26(17-36)34-28(37)20-7-11-24-21(13-20)16-35(27(24)18(2)3)15-19-5-8-22(9-6-19)29(30,31)32/h7,10-14,18-19,22,26-27,36H,4-6,8-9,15-17H2,1-3H3,(H,34,37)/t19-,22-,26-,27+/m1/s1. The fourth-order valence-corrected chi connectivity index (χ4v) is 6.87. The molecule has 2 N–H and O–H groups in total. The summed E-state index contributed by atoms with van der Waals surface area (Å²) in [7, 11) is -3.41. The van der Waals surface area contributed by atoms with E-state index >= 15 is 0 Å². The van der Waals surface area contributed by atoms with Crippen molar-refractivity contribution in [2.45, 2.75) is 76.2 Å². The lowest BCUT2D eigenvalue weighted by Gasteiger charge is -2.35. The summed E-state index contributed by atoms with van der Waals surface area (Å²) in [5.74, 6) is -1.13. The van der Waals surface area contributed by atoms with E-state index < -0.39 is 34.6 Å². The lowest BCUT2D eigenvalue weighted by Crippen LogP contribution is -2.34. The van der Waals surface area contributed by atoms with Crippen molar-refractivity contribution in [1.29, 1.82) is 0 Å². The number of amides is 1. The first-order chi connectivity index (χ1) is 18.8. The second-order valence-electron chi connectivity index (χ2n) is 11.3. The molecule has 1 aromatic carbocycles. The van der Waals surface area contributed by atoms with Gasteiger partial charge < -0.3 is 10.4 Å². The molecule has 220 valence electrons. The van der Waals surface area contributed by atoms with Crippen molar-refractivity contribution in [3.63, 3.8) is 0 Å². The fourth-order valence-electron chi connectivity index (χ4n) is 6.05. The highest BCUT2D eigenvalue weighted by Gasteiger charge is 2.42. The third-order valence-electron chi connectivity index (χ3n) is 8.27. The van der Waals surface area contributed by atoms with Gasteiger partial charge in [-0.25, -0.2) is 8.42 Å². The van der Waals surface area contributed by atoms with Crippen molar-refractivity contribution < 1.29 is 31.5 Å². The Morgan fingerprint density at radius 2 is 1.85 bits per heavy atom. The molecule has 0 spiro atoms. The van der Waals surface area contributed by atoms with Gasteiger partial charge in [-0.3, -0.25) is 14.7 Å². The van der Waals surface area contributed by atoms with Crippen molar-refractivity contribution in [3.05, 3.63) is 58.9 Å². The van der Waals surface area contributed by atoms with Gasteiger partial charge in [-0.15, -0.1) is 0 Å². The van der Waals surface area contributed by atoms with Crippen LogP contribution in [0.25, 0.3) is 0 Å². The van der Waals surface area contributed by atoms with Crippen molar-refractivity contribution in [2.24, 2.45) is 17.8 Å². The number of carbonyl (C=O) groups excluding carboxylic acids is 1. The lowest BCUT2D eigenvalue weighted by atomic mass is 9.81. The number of sulfone groups is 1. The van der Waals surface area contributed by atoms with Crippen LogP contribution in [-0.4, -0.2) is 54.4 Å². The van der Waals surface area contributed by atoms with E-state index in [1.165, 1.54) is 18.3 Å². The molecule has 1 amide bonds. The number of hydrogen-bond donors (Lipinski definition) is 2. The Kier molecular flexibility index (Phi) is 9.26. The summed E-state index contributed by atoms with van der Waals surface area (Å²) in [5, 5.41) is 12.7. The minimum absolute atomic E-state index is 0.0548. The van der Waals surface area contributed by atoms with Crippen LogP contribution in [-0.2, 0) is 16.4 Å². The minimum atomic E-state index is -4.11. The maximum Gasteiger partial charge on any atom is 0.391 e. The number of alkyl halides is 3. The molecule has 1 fully saturated rings. The molecule has 2 atom stereocenters. The molecule has 2 heterocycles. The van der Waals surface area contributed by atoms with Crippen LogP contribution in [0.2, 0.25) is 0 Å². The van der Waals surface area contributed by atoms with Gasteiger partial charge in [-0.05, 0) is 72.9 Å². The maximum atomic E-state index is 13.1. The van der Waals surface area contributed by atoms with Gasteiger partial charge in [0.15, 0.2) is 9.84 Å². The third kappa shape index (κ3) is 6.69. The number of aliphatic hydroxyl groups is 1.